The van der Waals surface area contributed by atoms with Gasteiger partial charge in [0.1, 0.15) is 0 Å². The largest absolute Gasteiger partial charge is 0.310 e. The zero-order valence-corrected chi connectivity index (χ0v) is 12.2. The molecule has 2 heteroatoms. The van der Waals surface area contributed by atoms with Crippen molar-refractivity contribution in [1.82, 2.24) is 10.2 Å². The molecule has 0 unspecified atom stereocenters. The van der Waals surface area contributed by atoms with Crippen LogP contribution >= 0.6 is 0 Å². The standard InChI is InChI=1S/C16H26N2/c1-13(2)14-5-7-15(8-6-14)16(17-3)9-11-18(4)12-10-16/h5-8,13,17H,9-12H2,1-4H3. The Balaban J connectivity index is 2.22. The summed E-state index contributed by atoms with van der Waals surface area (Å²) in [6.07, 6.45) is 2.39. The van der Waals surface area contributed by atoms with Gasteiger partial charge in [0.2, 0.25) is 0 Å². The Bertz CT molecular complexity index is 373. The zero-order chi connectivity index (χ0) is 13.2. The Morgan fingerprint density at radius 3 is 2.11 bits per heavy atom. The van der Waals surface area contributed by atoms with E-state index in [9.17, 15) is 0 Å². The fourth-order valence-electron chi connectivity index (χ4n) is 2.87. The van der Waals surface area contributed by atoms with Crippen molar-refractivity contribution in [3.63, 3.8) is 0 Å². The number of nitrogens with one attached hydrogen (secondary N) is 1. The van der Waals surface area contributed by atoms with Crippen molar-refractivity contribution < 1.29 is 0 Å². The maximum Gasteiger partial charge on any atom is 0.0456 e. The third kappa shape index (κ3) is 2.60. The maximum atomic E-state index is 3.58. The lowest BCUT2D eigenvalue weighted by Crippen LogP contribution is -2.48. The van der Waals surface area contributed by atoms with E-state index >= 15 is 0 Å². The Kier molecular flexibility index (Phi) is 4.08. The van der Waals surface area contributed by atoms with Gasteiger partial charge in [-0.2, -0.15) is 0 Å². The molecule has 0 atom stereocenters. The molecule has 18 heavy (non-hydrogen) atoms. The van der Waals surface area contributed by atoms with Gasteiger partial charge < -0.3 is 10.2 Å². The van der Waals surface area contributed by atoms with Gasteiger partial charge >= 0.3 is 0 Å². The minimum atomic E-state index is 0.183. The second-order valence-electron chi connectivity index (χ2n) is 5.91. The number of hydrogen-bond donors (Lipinski definition) is 1. The lowest BCUT2D eigenvalue weighted by Gasteiger charge is -2.41. The normalized spacial score (nSPS) is 20.3. The van der Waals surface area contributed by atoms with E-state index < -0.39 is 0 Å². The summed E-state index contributed by atoms with van der Waals surface area (Å²) < 4.78 is 0. The van der Waals surface area contributed by atoms with Gasteiger partial charge in [-0.25, -0.2) is 0 Å². The van der Waals surface area contributed by atoms with Crippen LogP contribution < -0.4 is 5.32 Å². The smallest absolute Gasteiger partial charge is 0.0456 e. The minimum Gasteiger partial charge on any atom is -0.310 e. The summed E-state index contributed by atoms with van der Waals surface area (Å²) in [5.41, 5.74) is 3.06. The summed E-state index contributed by atoms with van der Waals surface area (Å²) in [5.74, 6) is 0.613. The number of hydrogen-bond acceptors (Lipinski definition) is 2. The van der Waals surface area contributed by atoms with Gasteiger partial charge in [0.25, 0.3) is 0 Å². The fraction of sp³-hybridized carbons (Fsp3) is 0.625. The van der Waals surface area contributed by atoms with Gasteiger partial charge in [-0.1, -0.05) is 38.1 Å². The van der Waals surface area contributed by atoms with Gasteiger partial charge in [-0.3, -0.25) is 0 Å². The number of piperidine rings is 1. The average Bonchev–Trinajstić information content (AvgIpc) is 2.40. The van der Waals surface area contributed by atoms with Crippen molar-refractivity contribution in [3.8, 4) is 0 Å². The Hall–Kier alpha value is -0.860. The highest BCUT2D eigenvalue weighted by Crippen LogP contribution is 2.32. The van der Waals surface area contributed by atoms with Gasteiger partial charge in [0.05, 0.1) is 0 Å². The Labute approximate surface area is 111 Å². The van der Waals surface area contributed by atoms with E-state index in [4.69, 9.17) is 0 Å². The van der Waals surface area contributed by atoms with Gasteiger partial charge in [0, 0.05) is 5.54 Å². The molecular weight excluding hydrogens is 220 g/mol. The van der Waals surface area contributed by atoms with E-state index in [0.717, 1.165) is 0 Å². The first-order chi connectivity index (χ1) is 8.57. The van der Waals surface area contributed by atoms with Gasteiger partial charge in [-0.15, -0.1) is 0 Å². The van der Waals surface area contributed by atoms with E-state index in [0.29, 0.717) is 5.92 Å². The Morgan fingerprint density at radius 1 is 1.11 bits per heavy atom. The van der Waals surface area contributed by atoms with Crippen molar-refractivity contribution in [2.24, 2.45) is 0 Å². The molecule has 1 aliphatic heterocycles. The quantitative estimate of drug-likeness (QED) is 0.882. The van der Waals surface area contributed by atoms with Crippen molar-refractivity contribution in [1.29, 1.82) is 0 Å². The molecule has 1 saturated heterocycles. The van der Waals surface area contributed by atoms with Gasteiger partial charge in [0.15, 0.2) is 0 Å². The predicted molar refractivity (Wildman–Crippen MR) is 78.0 cm³/mol. The number of likely N-dealkylation sites (tertiary alicyclic amines) is 1. The molecular formula is C16H26N2. The molecule has 1 N–H and O–H groups in total. The monoisotopic (exact) mass is 246 g/mol. The predicted octanol–water partition coefficient (Wildman–Crippen LogP) is 2.95. The van der Waals surface area contributed by atoms with Crippen LogP contribution in [0.3, 0.4) is 0 Å². The van der Waals surface area contributed by atoms with Crippen LogP contribution in [-0.4, -0.2) is 32.1 Å². The summed E-state index contributed by atoms with van der Waals surface area (Å²) in [6, 6.07) is 9.21. The molecule has 0 saturated carbocycles. The highest BCUT2D eigenvalue weighted by Gasteiger charge is 2.33. The SMILES string of the molecule is CNC1(c2ccc(C(C)C)cc2)CCN(C)CC1. The number of nitrogens with zero attached hydrogens (tertiary/aromatic N) is 1. The molecule has 0 spiro atoms. The summed E-state index contributed by atoms with van der Waals surface area (Å²) in [7, 11) is 4.31. The molecule has 1 aromatic rings. The molecule has 0 radical (unpaired) electrons. The molecule has 1 aromatic carbocycles. The molecule has 0 aromatic heterocycles. The Morgan fingerprint density at radius 2 is 1.67 bits per heavy atom. The number of benzene rings is 1. The van der Waals surface area contributed by atoms with E-state index in [-0.39, 0.29) is 5.54 Å². The van der Waals surface area contributed by atoms with Crippen LogP contribution in [0.2, 0.25) is 0 Å². The topological polar surface area (TPSA) is 15.3 Å². The number of rotatable bonds is 3. The second-order valence-corrected chi connectivity index (χ2v) is 5.91. The summed E-state index contributed by atoms with van der Waals surface area (Å²) in [6.45, 7) is 6.84. The van der Waals surface area contributed by atoms with Crippen molar-refractivity contribution in [2.75, 3.05) is 27.2 Å². The summed E-state index contributed by atoms with van der Waals surface area (Å²) in [4.78, 5) is 2.41. The van der Waals surface area contributed by atoms with Crippen LogP contribution in [0.25, 0.3) is 0 Å². The maximum absolute atomic E-state index is 3.58. The minimum absolute atomic E-state index is 0.183. The lowest BCUT2D eigenvalue weighted by atomic mass is 9.80. The van der Waals surface area contributed by atoms with Crippen molar-refractivity contribution in [3.05, 3.63) is 35.4 Å². The van der Waals surface area contributed by atoms with E-state index in [1.54, 1.807) is 0 Å². The molecule has 1 aliphatic rings. The highest BCUT2D eigenvalue weighted by molar-refractivity contribution is 5.30. The van der Waals surface area contributed by atoms with Crippen LogP contribution in [0, 0.1) is 0 Å². The first-order valence-corrected chi connectivity index (χ1v) is 7.05. The summed E-state index contributed by atoms with van der Waals surface area (Å²) >= 11 is 0. The van der Waals surface area contributed by atoms with Crippen LogP contribution in [0.1, 0.15) is 43.7 Å². The van der Waals surface area contributed by atoms with Crippen LogP contribution in [0.4, 0.5) is 0 Å². The van der Waals surface area contributed by atoms with Crippen LogP contribution in [0.5, 0.6) is 0 Å². The second kappa shape index (κ2) is 5.41. The molecule has 100 valence electrons. The zero-order valence-electron chi connectivity index (χ0n) is 12.2. The molecule has 0 amide bonds. The summed E-state index contributed by atoms with van der Waals surface area (Å²) in [5, 5.41) is 3.58. The molecule has 0 aliphatic carbocycles. The third-order valence-corrected chi connectivity index (χ3v) is 4.45. The van der Waals surface area contributed by atoms with Gasteiger partial charge in [-0.05, 0) is 57.1 Å². The third-order valence-electron chi connectivity index (χ3n) is 4.45. The van der Waals surface area contributed by atoms with E-state index in [1.165, 1.54) is 37.1 Å². The first kappa shape index (κ1) is 13.6. The van der Waals surface area contributed by atoms with Crippen LogP contribution in [0.15, 0.2) is 24.3 Å². The average molecular weight is 246 g/mol. The first-order valence-electron chi connectivity index (χ1n) is 7.05. The molecule has 1 heterocycles. The van der Waals surface area contributed by atoms with Crippen molar-refractivity contribution in [2.45, 2.75) is 38.1 Å². The van der Waals surface area contributed by atoms with E-state index in [1.807, 2.05) is 0 Å². The molecule has 2 rings (SSSR count). The lowest BCUT2D eigenvalue weighted by molar-refractivity contribution is 0.164. The van der Waals surface area contributed by atoms with E-state index in [2.05, 4.69) is 62.4 Å². The van der Waals surface area contributed by atoms with Crippen LogP contribution in [-0.2, 0) is 5.54 Å². The molecule has 2 nitrogen and oxygen atoms in total. The highest BCUT2D eigenvalue weighted by atomic mass is 15.1. The molecule has 0 bridgehead atoms. The van der Waals surface area contributed by atoms with Crippen molar-refractivity contribution >= 4 is 0 Å². The molecule has 1 fully saturated rings. The fourth-order valence-corrected chi connectivity index (χ4v) is 2.87.